The van der Waals surface area contributed by atoms with E-state index in [1.165, 1.54) is 19.3 Å². The third-order valence-corrected chi connectivity index (χ3v) is 4.41. The second kappa shape index (κ2) is 7.12. The number of primary amides is 1. The lowest BCUT2D eigenvalue weighted by atomic mass is 9.97. The summed E-state index contributed by atoms with van der Waals surface area (Å²) in [6.07, 6.45) is 6.19. The number of hydrogen-bond acceptors (Lipinski definition) is 3. The highest BCUT2D eigenvalue weighted by molar-refractivity contribution is 6.02. The molecule has 1 aliphatic rings. The van der Waals surface area contributed by atoms with Crippen LogP contribution in [0.5, 0.6) is 11.5 Å². The summed E-state index contributed by atoms with van der Waals surface area (Å²) in [5.41, 5.74) is 5.93. The maximum Gasteiger partial charge on any atom is 0.252 e. The van der Waals surface area contributed by atoms with Crippen molar-refractivity contribution in [3.63, 3.8) is 0 Å². The van der Waals surface area contributed by atoms with E-state index in [1.807, 2.05) is 38.1 Å². The summed E-state index contributed by atoms with van der Waals surface area (Å²) < 4.78 is 12.1. The van der Waals surface area contributed by atoms with Gasteiger partial charge in [-0.1, -0.05) is 18.6 Å². The molecule has 0 spiro atoms. The van der Waals surface area contributed by atoms with Gasteiger partial charge in [-0.2, -0.15) is 0 Å². The van der Waals surface area contributed by atoms with Crippen LogP contribution in [-0.4, -0.2) is 18.1 Å². The molecule has 1 aliphatic carbocycles. The van der Waals surface area contributed by atoms with Crippen molar-refractivity contribution in [3.05, 3.63) is 35.9 Å². The predicted molar refractivity (Wildman–Crippen MR) is 95.7 cm³/mol. The van der Waals surface area contributed by atoms with Gasteiger partial charge < -0.3 is 15.2 Å². The lowest BCUT2D eigenvalue weighted by Crippen LogP contribution is -2.20. The zero-order chi connectivity index (χ0) is 17.1. The first-order chi connectivity index (χ1) is 11.5. The minimum Gasteiger partial charge on any atom is -0.490 e. The van der Waals surface area contributed by atoms with Crippen LogP contribution in [0.2, 0.25) is 0 Å². The Morgan fingerprint density at radius 2 is 1.88 bits per heavy atom. The summed E-state index contributed by atoms with van der Waals surface area (Å²) in [5.74, 6) is 0.889. The van der Waals surface area contributed by atoms with Crippen molar-refractivity contribution < 1.29 is 14.3 Å². The molecule has 0 bridgehead atoms. The maximum atomic E-state index is 11.8. The average molecular weight is 327 g/mol. The molecular weight excluding hydrogens is 302 g/mol. The smallest absolute Gasteiger partial charge is 0.252 e. The van der Waals surface area contributed by atoms with Crippen LogP contribution in [0.3, 0.4) is 0 Å². The fraction of sp³-hybridized carbons (Fsp3) is 0.450. The van der Waals surface area contributed by atoms with Gasteiger partial charge in [-0.25, -0.2) is 0 Å². The molecule has 0 radical (unpaired) electrons. The molecule has 1 fully saturated rings. The van der Waals surface area contributed by atoms with E-state index in [1.54, 1.807) is 6.07 Å². The average Bonchev–Trinajstić information content (AvgIpc) is 2.55. The van der Waals surface area contributed by atoms with Crippen molar-refractivity contribution in [1.29, 1.82) is 0 Å². The molecular formula is C20H25NO3. The summed E-state index contributed by atoms with van der Waals surface area (Å²) in [7, 11) is 0. The number of amides is 1. The molecule has 2 aromatic rings. The predicted octanol–water partition coefficient (Wildman–Crippen LogP) is 4.44. The Kier molecular flexibility index (Phi) is 4.93. The Morgan fingerprint density at radius 3 is 2.54 bits per heavy atom. The summed E-state index contributed by atoms with van der Waals surface area (Å²) in [6, 6.07) is 9.58. The maximum absolute atomic E-state index is 11.8. The van der Waals surface area contributed by atoms with E-state index in [0.717, 1.165) is 29.4 Å². The Labute approximate surface area is 142 Å². The lowest BCUT2D eigenvalue weighted by Gasteiger charge is -2.24. The Balaban J connectivity index is 2.02. The molecule has 24 heavy (non-hydrogen) atoms. The van der Waals surface area contributed by atoms with Gasteiger partial charge in [0.2, 0.25) is 0 Å². The second-order valence-electron chi connectivity index (χ2n) is 6.73. The highest BCUT2D eigenvalue weighted by Gasteiger charge is 2.18. The van der Waals surface area contributed by atoms with Crippen LogP contribution in [0, 0.1) is 0 Å². The van der Waals surface area contributed by atoms with E-state index in [0.29, 0.717) is 11.3 Å². The van der Waals surface area contributed by atoms with Crippen molar-refractivity contribution in [1.82, 2.24) is 0 Å². The van der Waals surface area contributed by atoms with Crippen LogP contribution in [0.15, 0.2) is 30.3 Å². The highest BCUT2D eigenvalue weighted by atomic mass is 16.5. The summed E-state index contributed by atoms with van der Waals surface area (Å²) in [5, 5.41) is 1.90. The first-order valence-corrected chi connectivity index (χ1v) is 8.74. The van der Waals surface area contributed by atoms with Gasteiger partial charge in [0.05, 0.1) is 17.8 Å². The summed E-state index contributed by atoms with van der Waals surface area (Å²) >= 11 is 0. The normalized spacial score (nSPS) is 15.6. The molecule has 0 heterocycles. The topological polar surface area (TPSA) is 61.6 Å². The monoisotopic (exact) mass is 327 g/mol. The number of hydrogen-bond donors (Lipinski definition) is 1. The molecule has 0 atom stereocenters. The molecule has 3 rings (SSSR count). The Bertz CT molecular complexity index is 733. The fourth-order valence-electron chi connectivity index (χ4n) is 3.29. The third kappa shape index (κ3) is 3.64. The van der Waals surface area contributed by atoms with Gasteiger partial charge in [0.15, 0.2) is 0 Å². The van der Waals surface area contributed by atoms with Gasteiger partial charge in [0, 0.05) is 5.39 Å². The molecule has 1 amide bonds. The molecule has 4 nitrogen and oxygen atoms in total. The zero-order valence-electron chi connectivity index (χ0n) is 14.4. The Hall–Kier alpha value is -2.23. The van der Waals surface area contributed by atoms with E-state index in [2.05, 4.69) is 0 Å². The molecule has 0 aromatic heterocycles. The van der Waals surface area contributed by atoms with E-state index < -0.39 is 5.91 Å². The lowest BCUT2D eigenvalue weighted by molar-refractivity contribution is 0.0994. The third-order valence-electron chi connectivity index (χ3n) is 4.41. The van der Waals surface area contributed by atoms with Gasteiger partial charge in [-0.05, 0) is 63.1 Å². The van der Waals surface area contributed by atoms with Crippen LogP contribution in [0.4, 0.5) is 0 Å². The highest BCUT2D eigenvalue weighted by Crippen LogP contribution is 2.34. The van der Waals surface area contributed by atoms with Crippen molar-refractivity contribution in [3.8, 4) is 11.5 Å². The van der Waals surface area contributed by atoms with E-state index in [-0.39, 0.29) is 12.2 Å². The molecule has 0 aliphatic heterocycles. The molecule has 128 valence electrons. The van der Waals surface area contributed by atoms with Crippen LogP contribution in [0.1, 0.15) is 56.3 Å². The van der Waals surface area contributed by atoms with Gasteiger partial charge in [0.25, 0.3) is 5.91 Å². The molecule has 4 heteroatoms. The number of carbonyl (C=O) groups excluding carboxylic acids is 1. The van der Waals surface area contributed by atoms with Crippen LogP contribution in [0.25, 0.3) is 10.8 Å². The molecule has 2 aromatic carbocycles. The van der Waals surface area contributed by atoms with E-state index in [4.69, 9.17) is 15.2 Å². The van der Waals surface area contributed by atoms with Crippen molar-refractivity contribution >= 4 is 16.7 Å². The van der Waals surface area contributed by atoms with Crippen LogP contribution >= 0.6 is 0 Å². The van der Waals surface area contributed by atoms with E-state index in [9.17, 15) is 4.79 Å². The number of benzene rings is 2. The first-order valence-electron chi connectivity index (χ1n) is 8.74. The fourth-order valence-corrected chi connectivity index (χ4v) is 3.29. The van der Waals surface area contributed by atoms with Gasteiger partial charge in [-0.15, -0.1) is 0 Å². The molecule has 1 saturated carbocycles. The molecule has 0 saturated heterocycles. The summed E-state index contributed by atoms with van der Waals surface area (Å²) in [4.78, 5) is 11.8. The van der Waals surface area contributed by atoms with Gasteiger partial charge in [0.1, 0.15) is 11.5 Å². The standard InChI is InChI=1S/C20H25NO3/c1-13(2)23-19-12-16-14(11-17(19)20(21)22)7-6-10-18(16)24-15-8-4-3-5-9-15/h6-7,10-13,15H,3-5,8-9H2,1-2H3,(H2,21,22). The van der Waals surface area contributed by atoms with Crippen LogP contribution < -0.4 is 15.2 Å². The van der Waals surface area contributed by atoms with Crippen molar-refractivity contribution in [2.45, 2.75) is 58.2 Å². The quantitative estimate of drug-likeness (QED) is 0.883. The number of carbonyl (C=O) groups is 1. The largest absolute Gasteiger partial charge is 0.490 e. The van der Waals surface area contributed by atoms with Crippen molar-refractivity contribution in [2.75, 3.05) is 0 Å². The van der Waals surface area contributed by atoms with Gasteiger partial charge in [-0.3, -0.25) is 4.79 Å². The van der Waals surface area contributed by atoms with Crippen molar-refractivity contribution in [2.24, 2.45) is 5.73 Å². The van der Waals surface area contributed by atoms with Gasteiger partial charge >= 0.3 is 0 Å². The number of fused-ring (bicyclic) bond motifs is 1. The zero-order valence-corrected chi connectivity index (χ0v) is 14.4. The molecule has 0 unspecified atom stereocenters. The van der Waals surface area contributed by atoms with E-state index >= 15 is 0 Å². The van der Waals surface area contributed by atoms with Crippen LogP contribution in [-0.2, 0) is 0 Å². The number of ether oxygens (including phenoxy) is 2. The number of rotatable bonds is 5. The minimum absolute atomic E-state index is 0.0352. The Morgan fingerprint density at radius 1 is 1.12 bits per heavy atom. The number of nitrogens with two attached hydrogens (primary N) is 1. The molecule has 2 N–H and O–H groups in total. The first kappa shape index (κ1) is 16.6. The SMILES string of the molecule is CC(C)Oc1cc2c(OC3CCCCC3)cccc2cc1C(N)=O. The summed E-state index contributed by atoms with van der Waals surface area (Å²) in [6.45, 7) is 3.86. The minimum atomic E-state index is -0.480. The second-order valence-corrected chi connectivity index (χ2v) is 6.73.